The Bertz CT molecular complexity index is 476. The zero-order valence-corrected chi connectivity index (χ0v) is 21.7. The lowest BCUT2D eigenvalue weighted by molar-refractivity contribution is -0.298. The zero-order chi connectivity index (χ0) is 24.3. The summed E-state index contributed by atoms with van der Waals surface area (Å²) < 4.78 is 10.9. The van der Waals surface area contributed by atoms with E-state index in [0.29, 0.717) is 0 Å². The van der Waals surface area contributed by atoms with E-state index in [0.717, 1.165) is 17.1 Å². The normalized spacial score (nSPS) is 25.4. The molecule has 33 heavy (non-hydrogen) atoms. The minimum atomic E-state index is -1.41. The summed E-state index contributed by atoms with van der Waals surface area (Å²) in [6.45, 7) is 6.01. The average molecular weight is 491 g/mol. The van der Waals surface area contributed by atoms with E-state index in [4.69, 9.17) is 9.47 Å². The molecule has 6 nitrogen and oxygen atoms in total. The summed E-state index contributed by atoms with van der Waals surface area (Å²) in [7, 11) is 0. The number of hydrogen-bond donors (Lipinski definition) is 4. The maximum Gasteiger partial charge on any atom is 0.187 e. The van der Waals surface area contributed by atoms with Gasteiger partial charge < -0.3 is 29.9 Å². The lowest BCUT2D eigenvalue weighted by Crippen LogP contribution is -2.59. The fraction of sp³-hybridized carbons (Fsp3) is 0.923. The van der Waals surface area contributed by atoms with Crippen LogP contribution in [0.2, 0.25) is 0 Å². The van der Waals surface area contributed by atoms with E-state index < -0.39 is 37.3 Å². The van der Waals surface area contributed by atoms with Crippen LogP contribution in [0.4, 0.5) is 0 Å². The number of hydrogen-bond acceptors (Lipinski definition) is 7. The first-order valence-electron chi connectivity index (χ1n) is 13.2. The van der Waals surface area contributed by atoms with Crippen LogP contribution in [0.3, 0.4) is 0 Å². The standard InChI is InChI=1S/C26H50O6S/c1-3-4-5-6-7-8-9-10-11-12-13-14-15-16-17-33-20-21(2)19-31-26-25(30)24(29)23(28)22(18-27)32-26/h22-30H,2-20H2,1H3/t22-,23+,24+,25-,26-/m1/s1. The Morgan fingerprint density at radius 3 is 1.82 bits per heavy atom. The second kappa shape index (κ2) is 20.1. The summed E-state index contributed by atoms with van der Waals surface area (Å²) in [5.74, 6) is 1.87. The highest BCUT2D eigenvalue weighted by Crippen LogP contribution is 2.23. The Balaban J connectivity index is 1.90. The van der Waals surface area contributed by atoms with Crippen LogP contribution in [-0.2, 0) is 9.47 Å². The Kier molecular flexibility index (Phi) is 18.8. The molecule has 1 saturated heterocycles. The molecule has 0 radical (unpaired) electrons. The summed E-state index contributed by atoms with van der Waals surface area (Å²) in [6, 6.07) is 0. The molecule has 0 unspecified atom stereocenters. The van der Waals surface area contributed by atoms with Gasteiger partial charge in [-0.15, -0.1) is 0 Å². The van der Waals surface area contributed by atoms with Gasteiger partial charge in [0.15, 0.2) is 6.29 Å². The molecule has 1 fully saturated rings. The van der Waals surface area contributed by atoms with Gasteiger partial charge in [-0.25, -0.2) is 0 Å². The summed E-state index contributed by atoms with van der Waals surface area (Å²) in [5, 5.41) is 38.8. The molecule has 1 aliphatic heterocycles. The van der Waals surface area contributed by atoms with Crippen molar-refractivity contribution in [3.05, 3.63) is 12.2 Å². The number of aliphatic hydroxyl groups excluding tert-OH is 4. The van der Waals surface area contributed by atoms with Gasteiger partial charge in [0.05, 0.1) is 13.2 Å². The summed E-state index contributed by atoms with van der Waals surface area (Å²) >= 11 is 1.83. The topological polar surface area (TPSA) is 99.4 Å². The van der Waals surface area contributed by atoms with Crippen molar-refractivity contribution < 1.29 is 29.9 Å². The minimum Gasteiger partial charge on any atom is -0.394 e. The van der Waals surface area contributed by atoms with Gasteiger partial charge in [0.1, 0.15) is 24.4 Å². The summed E-state index contributed by atoms with van der Waals surface area (Å²) in [5.41, 5.74) is 0.877. The first-order chi connectivity index (χ1) is 16.0. The molecule has 196 valence electrons. The molecule has 1 heterocycles. The fourth-order valence-electron chi connectivity index (χ4n) is 4.06. The zero-order valence-electron chi connectivity index (χ0n) is 20.8. The van der Waals surface area contributed by atoms with Gasteiger partial charge in [0.25, 0.3) is 0 Å². The fourth-order valence-corrected chi connectivity index (χ4v) is 4.99. The Labute approximate surface area is 206 Å². The highest BCUT2D eigenvalue weighted by Gasteiger charge is 2.43. The molecule has 1 rings (SSSR count). The molecule has 4 N–H and O–H groups in total. The van der Waals surface area contributed by atoms with Crippen molar-refractivity contribution in [1.29, 1.82) is 0 Å². The molecule has 5 atom stereocenters. The quantitative estimate of drug-likeness (QED) is 0.138. The summed E-state index contributed by atoms with van der Waals surface area (Å²) in [6.07, 6.45) is 12.9. The average Bonchev–Trinajstić information content (AvgIpc) is 2.82. The van der Waals surface area contributed by atoms with Gasteiger partial charge in [-0.05, 0) is 17.7 Å². The lowest BCUT2D eigenvalue weighted by atomic mass is 9.99. The Morgan fingerprint density at radius 2 is 1.30 bits per heavy atom. The molecule has 0 amide bonds. The van der Waals surface area contributed by atoms with Crippen LogP contribution < -0.4 is 0 Å². The van der Waals surface area contributed by atoms with Crippen LogP contribution in [0.25, 0.3) is 0 Å². The van der Waals surface area contributed by atoms with Gasteiger partial charge in [0.2, 0.25) is 0 Å². The van der Waals surface area contributed by atoms with E-state index >= 15 is 0 Å². The molecule has 0 aliphatic carbocycles. The van der Waals surface area contributed by atoms with Crippen LogP contribution in [0.15, 0.2) is 12.2 Å². The van der Waals surface area contributed by atoms with E-state index in [9.17, 15) is 20.4 Å². The van der Waals surface area contributed by atoms with Crippen LogP contribution >= 0.6 is 11.8 Å². The highest BCUT2D eigenvalue weighted by molar-refractivity contribution is 7.99. The Hall–Kier alpha value is -0.150. The number of ether oxygens (including phenoxy) is 2. The maximum absolute atomic E-state index is 9.98. The van der Waals surface area contributed by atoms with Gasteiger partial charge >= 0.3 is 0 Å². The smallest absolute Gasteiger partial charge is 0.187 e. The molecule has 0 bridgehead atoms. The van der Waals surface area contributed by atoms with Crippen molar-refractivity contribution in [2.45, 2.75) is 128 Å². The first-order valence-corrected chi connectivity index (χ1v) is 14.3. The second-order valence-corrected chi connectivity index (χ2v) is 10.5. The second-order valence-electron chi connectivity index (χ2n) is 9.41. The molecular formula is C26H50O6S. The van der Waals surface area contributed by atoms with E-state index in [1.54, 1.807) is 0 Å². The number of thioether (sulfide) groups is 1. The predicted octanol–water partition coefficient (Wildman–Crippen LogP) is 4.57. The molecule has 0 saturated carbocycles. The first kappa shape index (κ1) is 30.9. The van der Waals surface area contributed by atoms with Crippen molar-refractivity contribution in [1.82, 2.24) is 0 Å². The van der Waals surface area contributed by atoms with Crippen molar-refractivity contribution in [2.75, 3.05) is 24.7 Å². The van der Waals surface area contributed by atoms with Crippen molar-refractivity contribution in [3.63, 3.8) is 0 Å². The van der Waals surface area contributed by atoms with E-state index in [1.807, 2.05) is 11.8 Å². The molecule has 0 aromatic carbocycles. The lowest BCUT2D eigenvalue weighted by Gasteiger charge is -2.39. The number of aliphatic hydroxyl groups is 4. The van der Waals surface area contributed by atoms with Gasteiger partial charge in [0, 0.05) is 5.75 Å². The molecule has 0 aromatic heterocycles. The SMILES string of the molecule is C=C(CO[C@@H]1O[C@H](CO)[C@H](O)[C@H](O)[C@H]1O)CSCCCCCCCCCCCCCCCC. The van der Waals surface area contributed by atoms with Crippen molar-refractivity contribution >= 4 is 11.8 Å². The van der Waals surface area contributed by atoms with Gasteiger partial charge in [-0.2, -0.15) is 11.8 Å². The van der Waals surface area contributed by atoms with Gasteiger partial charge in [-0.1, -0.05) is 97.0 Å². The molecule has 7 heteroatoms. The molecule has 1 aliphatic rings. The maximum atomic E-state index is 9.98. The monoisotopic (exact) mass is 490 g/mol. The number of unbranched alkanes of at least 4 members (excludes halogenated alkanes) is 13. The van der Waals surface area contributed by atoms with Gasteiger partial charge in [-0.3, -0.25) is 0 Å². The van der Waals surface area contributed by atoms with Crippen LogP contribution in [0, 0.1) is 0 Å². The van der Waals surface area contributed by atoms with Crippen molar-refractivity contribution in [2.24, 2.45) is 0 Å². The third-order valence-electron chi connectivity index (χ3n) is 6.25. The van der Waals surface area contributed by atoms with Crippen LogP contribution in [-0.4, -0.2) is 75.9 Å². The third kappa shape index (κ3) is 14.1. The molecular weight excluding hydrogens is 440 g/mol. The predicted molar refractivity (Wildman–Crippen MR) is 136 cm³/mol. The number of rotatable bonds is 21. The van der Waals surface area contributed by atoms with Crippen LogP contribution in [0.5, 0.6) is 0 Å². The summed E-state index contributed by atoms with van der Waals surface area (Å²) in [4.78, 5) is 0. The Morgan fingerprint density at radius 1 is 0.788 bits per heavy atom. The molecule has 0 spiro atoms. The molecule has 0 aromatic rings. The van der Waals surface area contributed by atoms with Crippen LogP contribution in [0.1, 0.15) is 96.8 Å². The van der Waals surface area contributed by atoms with E-state index in [-0.39, 0.29) is 6.61 Å². The highest BCUT2D eigenvalue weighted by atomic mass is 32.2. The van der Waals surface area contributed by atoms with E-state index in [2.05, 4.69) is 13.5 Å². The van der Waals surface area contributed by atoms with Crippen molar-refractivity contribution in [3.8, 4) is 0 Å². The third-order valence-corrected chi connectivity index (χ3v) is 7.44. The largest absolute Gasteiger partial charge is 0.394 e. The minimum absolute atomic E-state index is 0.203. The van der Waals surface area contributed by atoms with E-state index in [1.165, 1.54) is 89.9 Å².